The first-order valence-corrected chi connectivity index (χ1v) is 11.8. The molecule has 3 aromatic rings. The van der Waals surface area contributed by atoms with Crippen molar-refractivity contribution in [3.05, 3.63) is 42.7 Å². The number of rotatable bonds is 7. The van der Waals surface area contributed by atoms with Gasteiger partial charge in [-0.05, 0) is 38.4 Å². The molecule has 1 aliphatic heterocycles. The number of nitrogens with zero attached hydrogens (tertiary/aromatic N) is 6. The van der Waals surface area contributed by atoms with Gasteiger partial charge in [-0.25, -0.2) is 14.6 Å². The fourth-order valence-corrected chi connectivity index (χ4v) is 4.77. The molecule has 1 aromatic carbocycles. The summed E-state index contributed by atoms with van der Waals surface area (Å²) in [7, 11) is 3.76. The molecule has 0 radical (unpaired) electrons. The number of nitrogen functional groups attached to an aromatic ring is 1. The smallest absolute Gasteiger partial charge is 0.246 e. The normalized spacial score (nSPS) is 18.8. The standard InChI is InChI=1S/C25H31N7O2/c1-30(18-7-4-8-18)12-5-10-21(33)31-13-11-19(15-31)32-25-22(24(26)27-16-28-25)23(29-32)17-6-3-9-20(14-17)34-2/h3,5-6,9-10,14,16,18-19H,4,7-8,11-13,15H2,1-2H3,(H2,26,27,28). The summed E-state index contributed by atoms with van der Waals surface area (Å²) < 4.78 is 7.29. The van der Waals surface area contributed by atoms with Crippen LogP contribution in [-0.2, 0) is 4.79 Å². The molecule has 9 heteroatoms. The fraction of sp³-hybridized carbons (Fsp3) is 0.440. The molecule has 1 unspecified atom stereocenters. The molecule has 178 valence electrons. The van der Waals surface area contributed by atoms with Crippen LogP contribution in [0.15, 0.2) is 42.7 Å². The molecular weight excluding hydrogens is 430 g/mol. The number of carbonyl (C=O) groups excluding carboxylic acids is 1. The molecule has 1 atom stereocenters. The predicted octanol–water partition coefficient (Wildman–Crippen LogP) is 2.90. The quantitative estimate of drug-likeness (QED) is 0.540. The number of likely N-dealkylation sites (N-methyl/N-ethyl adjacent to an activating group) is 1. The summed E-state index contributed by atoms with van der Waals surface area (Å²) in [5.41, 5.74) is 8.54. The van der Waals surface area contributed by atoms with E-state index < -0.39 is 0 Å². The summed E-state index contributed by atoms with van der Waals surface area (Å²) >= 11 is 0. The van der Waals surface area contributed by atoms with E-state index in [9.17, 15) is 4.79 Å². The lowest BCUT2D eigenvalue weighted by atomic mass is 9.92. The topological polar surface area (TPSA) is 102 Å². The Morgan fingerprint density at radius 2 is 2.15 bits per heavy atom. The van der Waals surface area contributed by atoms with Crippen molar-refractivity contribution in [2.24, 2.45) is 0 Å². The van der Waals surface area contributed by atoms with E-state index in [1.54, 1.807) is 13.2 Å². The summed E-state index contributed by atoms with van der Waals surface area (Å²) in [6, 6.07) is 8.39. The Labute approximate surface area is 199 Å². The lowest BCUT2D eigenvalue weighted by molar-refractivity contribution is -0.125. The Balaban J connectivity index is 1.35. The maximum atomic E-state index is 12.8. The van der Waals surface area contributed by atoms with E-state index >= 15 is 0 Å². The number of ether oxygens (including phenoxy) is 1. The van der Waals surface area contributed by atoms with Gasteiger partial charge in [0.15, 0.2) is 5.65 Å². The molecule has 34 heavy (non-hydrogen) atoms. The van der Waals surface area contributed by atoms with Gasteiger partial charge in [0.25, 0.3) is 0 Å². The average Bonchev–Trinajstić information content (AvgIpc) is 3.44. The van der Waals surface area contributed by atoms with Crippen LogP contribution in [0.3, 0.4) is 0 Å². The molecule has 1 aliphatic carbocycles. The summed E-state index contributed by atoms with van der Waals surface area (Å²) in [5, 5.41) is 5.63. The summed E-state index contributed by atoms with van der Waals surface area (Å²) in [4.78, 5) is 25.7. The molecule has 5 rings (SSSR count). The number of fused-ring (bicyclic) bond motifs is 1. The molecule has 9 nitrogen and oxygen atoms in total. The first-order valence-electron chi connectivity index (χ1n) is 11.8. The Hall–Kier alpha value is -3.46. The largest absolute Gasteiger partial charge is 0.497 e. The lowest BCUT2D eigenvalue weighted by Crippen LogP contribution is -2.37. The maximum absolute atomic E-state index is 12.8. The molecule has 0 bridgehead atoms. The number of methoxy groups -OCH3 is 1. The van der Waals surface area contributed by atoms with Gasteiger partial charge in [-0.1, -0.05) is 24.6 Å². The third-order valence-corrected chi connectivity index (χ3v) is 7.03. The Morgan fingerprint density at radius 3 is 2.91 bits per heavy atom. The van der Waals surface area contributed by atoms with Crippen LogP contribution in [0.1, 0.15) is 31.7 Å². The third kappa shape index (κ3) is 4.23. The highest BCUT2D eigenvalue weighted by molar-refractivity contribution is 5.98. The molecular formula is C25H31N7O2. The minimum Gasteiger partial charge on any atom is -0.497 e. The minimum atomic E-state index is 0.0196. The van der Waals surface area contributed by atoms with Gasteiger partial charge in [0.1, 0.15) is 23.6 Å². The second-order valence-electron chi connectivity index (χ2n) is 9.14. The first kappa shape index (κ1) is 22.3. The second-order valence-corrected chi connectivity index (χ2v) is 9.14. The highest BCUT2D eigenvalue weighted by Gasteiger charge is 2.30. The molecule has 1 amide bonds. The Morgan fingerprint density at radius 1 is 1.29 bits per heavy atom. The third-order valence-electron chi connectivity index (χ3n) is 7.03. The van der Waals surface area contributed by atoms with Gasteiger partial charge in [-0.15, -0.1) is 0 Å². The maximum Gasteiger partial charge on any atom is 0.246 e. The van der Waals surface area contributed by atoms with Crippen LogP contribution in [-0.4, -0.2) is 75.3 Å². The minimum absolute atomic E-state index is 0.0196. The molecule has 2 aromatic heterocycles. The lowest BCUT2D eigenvalue weighted by Gasteiger charge is -2.33. The van der Waals surface area contributed by atoms with Crippen molar-refractivity contribution in [2.75, 3.05) is 39.5 Å². The van der Waals surface area contributed by atoms with Gasteiger partial charge in [0, 0.05) is 37.3 Å². The van der Waals surface area contributed by atoms with E-state index in [0.717, 1.165) is 35.4 Å². The fourth-order valence-electron chi connectivity index (χ4n) is 4.77. The van der Waals surface area contributed by atoms with E-state index in [1.165, 1.54) is 25.6 Å². The Bertz CT molecular complexity index is 1220. The Kier molecular flexibility index (Phi) is 6.19. The molecule has 2 fully saturated rings. The number of anilines is 1. The van der Waals surface area contributed by atoms with Crippen LogP contribution >= 0.6 is 0 Å². The van der Waals surface area contributed by atoms with Crippen molar-refractivity contribution in [2.45, 2.75) is 37.8 Å². The number of aromatic nitrogens is 4. The SMILES string of the molecule is COc1cccc(-c2nn(C3CCN(C(=O)C=CCN(C)C4CCC4)C3)c3ncnc(N)c23)c1. The van der Waals surface area contributed by atoms with Crippen molar-refractivity contribution in [3.63, 3.8) is 0 Å². The summed E-state index contributed by atoms with van der Waals surface area (Å²) in [6.45, 7) is 2.07. The number of likely N-dealkylation sites (tertiary alicyclic amines) is 1. The van der Waals surface area contributed by atoms with Gasteiger partial charge < -0.3 is 15.4 Å². The molecule has 1 saturated heterocycles. The molecule has 2 N–H and O–H groups in total. The zero-order valence-electron chi connectivity index (χ0n) is 19.7. The van der Waals surface area contributed by atoms with Gasteiger partial charge in [-0.3, -0.25) is 9.69 Å². The van der Waals surface area contributed by atoms with Gasteiger partial charge in [0.05, 0.1) is 18.5 Å². The summed E-state index contributed by atoms with van der Waals surface area (Å²) in [6.07, 6.45) is 9.79. The van der Waals surface area contributed by atoms with Gasteiger partial charge >= 0.3 is 0 Å². The number of hydrogen-bond donors (Lipinski definition) is 1. The average molecular weight is 462 g/mol. The predicted molar refractivity (Wildman–Crippen MR) is 131 cm³/mol. The van der Waals surface area contributed by atoms with Crippen molar-refractivity contribution in [1.82, 2.24) is 29.5 Å². The summed E-state index contributed by atoms with van der Waals surface area (Å²) in [5.74, 6) is 1.17. The van der Waals surface area contributed by atoms with E-state index in [1.807, 2.05) is 39.9 Å². The van der Waals surface area contributed by atoms with Gasteiger partial charge in [0.2, 0.25) is 5.91 Å². The van der Waals surface area contributed by atoms with Crippen LogP contribution in [0.4, 0.5) is 5.82 Å². The number of hydrogen-bond acceptors (Lipinski definition) is 7. The van der Waals surface area contributed by atoms with Crippen molar-refractivity contribution in [1.29, 1.82) is 0 Å². The van der Waals surface area contributed by atoms with Crippen LogP contribution < -0.4 is 10.5 Å². The zero-order valence-corrected chi connectivity index (χ0v) is 19.7. The van der Waals surface area contributed by atoms with Crippen LogP contribution in [0, 0.1) is 0 Å². The molecule has 1 saturated carbocycles. The number of amides is 1. The highest BCUT2D eigenvalue weighted by Crippen LogP contribution is 2.35. The number of carbonyl (C=O) groups is 1. The van der Waals surface area contributed by atoms with E-state index in [-0.39, 0.29) is 11.9 Å². The van der Waals surface area contributed by atoms with Gasteiger partial charge in [-0.2, -0.15) is 5.10 Å². The number of nitrogens with two attached hydrogens (primary N) is 1. The van der Waals surface area contributed by atoms with E-state index in [2.05, 4.69) is 21.9 Å². The van der Waals surface area contributed by atoms with Crippen molar-refractivity contribution < 1.29 is 9.53 Å². The second kappa shape index (κ2) is 9.42. The van der Waals surface area contributed by atoms with Crippen molar-refractivity contribution >= 4 is 22.8 Å². The van der Waals surface area contributed by atoms with Crippen LogP contribution in [0.25, 0.3) is 22.3 Å². The van der Waals surface area contributed by atoms with Crippen LogP contribution in [0.2, 0.25) is 0 Å². The highest BCUT2D eigenvalue weighted by atomic mass is 16.5. The van der Waals surface area contributed by atoms with E-state index in [0.29, 0.717) is 30.6 Å². The monoisotopic (exact) mass is 461 g/mol. The van der Waals surface area contributed by atoms with E-state index in [4.69, 9.17) is 15.6 Å². The zero-order chi connectivity index (χ0) is 23.7. The van der Waals surface area contributed by atoms with Crippen molar-refractivity contribution in [3.8, 4) is 17.0 Å². The first-order chi connectivity index (χ1) is 16.5. The molecule has 3 heterocycles. The molecule has 0 spiro atoms. The number of benzene rings is 1. The molecule has 2 aliphatic rings. The van der Waals surface area contributed by atoms with Crippen LogP contribution in [0.5, 0.6) is 5.75 Å².